The van der Waals surface area contributed by atoms with E-state index in [1.807, 2.05) is 55.6 Å². The number of nitrogens with one attached hydrogen (secondary N) is 1. The van der Waals surface area contributed by atoms with Crippen molar-refractivity contribution in [3.8, 4) is 0 Å². The molecule has 0 atom stereocenters. The molecule has 0 bridgehead atoms. The molecule has 0 radical (unpaired) electrons. The Morgan fingerprint density at radius 1 is 1.17 bits per heavy atom. The van der Waals surface area contributed by atoms with Gasteiger partial charge >= 0.3 is 0 Å². The number of fused-ring (bicyclic) bond motifs is 1. The van der Waals surface area contributed by atoms with Crippen LogP contribution in [0.1, 0.15) is 39.1 Å². The number of carbonyl (C=O) groups excluding carboxylic acids is 1. The number of aromatic nitrogens is 2. The standard InChI is InChI=1S/C24H23N3O2S/c1-3-21-23(22(28)11-16(2)27(21)15-19-8-6-10-30-19)24(29)26-14-17-12-18-7-4-5-9-20(18)25-13-17/h4-13H,3,14-15H2,1-2H3,(H,26,29). The van der Waals surface area contributed by atoms with E-state index in [4.69, 9.17) is 0 Å². The van der Waals surface area contributed by atoms with Gasteiger partial charge in [-0.15, -0.1) is 11.3 Å². The van der Waals surface area contributed by atoms with Crippen LogP contribution < -0.4 is 10.7 Å². The molecule has 4 rings (SSSR count). The predicted octanol–water partition coefficient (Wildman–Crippen LogP) is 4.31. The number of para-hydroxylation sites is 1. The van der Waals surface area contributed by atoms with Crippen LogP contribution in [0.3, 0.4) is 0 Å². The Hall–Kier alpha value is -3.25. The van der Waals surface area contributed by atoms with Crippen LogP contribution >= 0.6 is 11.3 Å². The van der Waals surface area contributed by atoms with Gasteiger partial charge in [0.05, 0.1) is 12.1 Å². The highest BCUT2D eigenvalue weighted by Crippen LogP contribution is 2.17. The second-order valence-electron chi connectivity index (χ2n) is 7.21. The van der Waals surface area contributed by atoms with E-state index in [1.165, 1.54) is 4.88 Å². The third-order valence-electron chi connectivity index (χ3n) is 5.18. The summed E-state index contributed by atoms with van der Waals surface area (Å²) >= 11 is 1.67. The second kappa shape index (κ2) is 8.63. The molecule has 0 fully saturated rings. The first-order valence-corrected chi connectivity index (χ1v) is 10.8. The molecule has 0 aliphatic rings. The smallest absolute Gasteiger partial charge is 0.257 e. The Morgan fingerprint density at radius 2 is 2.00 bits per heavy atom. The number of rotatable bonds is 6. The van der Waals surface area contributed by atoms with E-state index in [9.17, 15) is 9.59 Å². The number of carbonyl (C=O) groups is 1. The van der Waals surface area contributed by atoms with Gasteiger partial charge < -0.3 is 9.88 Å². The fourth-order valence-corrected chi connectivity index (χ4v) is 4.40. The van der Waals surface area contributed by atoms with Crippen LogP contribution in [0.4, 0.5) is 0 Å². The maximum atomic E-state index is 13.0. The summed E-state index contributed by atoms with van der Waals surface area (Å²) in [6, 6.07) is 15.5. The number of thiophene rings is 1. The Balaban J connectivity index is 1.61. The van der Waals surface area contributed by atoms with E-state index in [1.54, 1.807) is 23.6 Å². The van der Waals surface area contributed by atoms with Crippen molar-refractivity contribution >= 4 is 28.1 Å². The molecule has 0 aliphatic heterocycles. The van der Waals surface area contributed by atoms with E-state index in [0.29, 0.717) is 19.5 Å². The molecule has 3 aromatic heterocycles. The second-order valence-corrected chi connectivity index (χ2v) is 8.24. The highest BCUT2D eigenvalue weighted by molar-refractivity contribution is 7.09. The first-order chi connectivity index (χ1) is 14.6. The van der Waals surface area contributed by atoms with E-state index in [2.05, 4.69) is 20.9 Å². The lowest BCUT2D eigenvalue weighted by Crippen LogP contribution is -2.32. The summed E-state index contributed by atoms with van der Waals surface area (Å²) in [6.07, 6.45) is 2.36. The summed E-state index contributed by atoms with van der Waals surface area (Å²) in [5, 5.41) is 5.96. The molecule has 0 saturated heterocycles. The lowest BCUT2D eigenvalue weighted by atomic mass is 10.1. The zero-order valence-electron chi connectivity index (χ0n) is 17.0. The lowest BCUT2D eigenvalue weighted by Gasteiger charge is -2.18. The normalized spacial score (nSPS) is 11.0. The molecule has 152 valence electrons. The Bertz CT molecular complexity index is 1260. The number of hydrogen-bond acceptors (Lipinski definition) is 4. The number of pyridine rings is 2. The summed E-state index contributed by atoms with van der Waals surface area (Å²) < 4.78 is 2.07. The number of aryl methyl sites for hydroxylation is 1. The van der Waals surface area contributed by atoms with Gasteiger partial charge in [-0.2, -0.15) is 0 Å². The van der Waals surface area contributed by atoms with Crippen LogP contribution in [0.25, 0.3) is 10.9 Å². The Labute approximate surface area is 179 Å². The van der Waals surface area contributed by atoms with Crippen molar-refractivity contribution in [3.63, 3.8) is 0 Å². The third kappa shape index (κ3) is 4.04. The summed E-state index contributed by atoms with van der Waals surface area (Å²) in [5.74, 6) is -0.343. The summed E-state index contributed by atoms with van der Waals surface area (Å²) in [4.78, 5) is 31.3. The largest absolute Gasteiger partial charge is 0.348 e. The summed E-state index contributed by atoms with van der Waals surface area (Å²) in [7, 11) is 0. The van der Waals surface area contributed by atoms with Crippen molar-refractivity contribution in [2.75, 3.05) is 0 Å². The molecular weight excluding hydrogens is 394 g/mol. The highest BCUT2D eigenvalue weighted by Gasteiger charge is 2.19. The van der Waals surface area contributed by atoms with Gasteiger partial charge in [-0.1, -0.05) is 31.2 Å². The van der Waals surface area contributed by atoms with Crippen molar-refractivity contribution in [1.29, 1.82) is 0 Å². The molecule has 6 heteroatoms. The van der Waals surface area contributed by atoms with Crippen molar-refractivity contribution in [3.05, 3.63) is 97.7 Å². The lowest BCUT2D eigenvalue weighted by molar-refractivity contribution is 0.0948. The van der Waals surface area contributed by atoms with Gasteiger partial charge in [0.25, 0.3) is 5.91 Å². The van der Waals surface area contributed by atoms with Crippen molar-refractivity contribution in [2.45, 2.75) is 33.4 Å². The molecule has 1 aromatic carbocycles. The molecule has 3 heterocycles. The number of benzene rings is 1. The van der Waals surface area contributed by atoms with Crippen molar-refractivity contribution in [2.24, 2.45) is 0 Å². The number of amides is 1. The molecule has 30 heavy (non-hydrogen) atoms. The SMILES string of the molecule is CCc1c(C(=O)NCc2cnc3ccccc3c2)c(=O)cc(C)n1Cc1cccs1. The highest BCUT2D eigenvalue weighted by atomic mass is 32.1. The fraction of sp³-hybridized carbons (Fsp3) is 0.208. The molecule has 0 spiro atoms. The number of hydrogen-bond donors (Lipinski definition) is 1. The summed E-state index contributed by atoms with van der Waals surface area (Å²) in [6.45, 7) is 4.86. The first-order valence-electron chi connectivity index (χ1n) is 9.94. The van der Waals surface area contributed by atoms with Crippen LogP contribution in [0.15, 0.2) is 64.9 Å². The van der Waals surface area contributed by atoms with Crippen LogP contribution in [-0.4, -0.2) is 15.5 Å². The average Bonchev–Trinajstić information content (AvgIpc) is 3.26. The van der Waals surface area contributed by atoms with Gasteiger partial charge in [-0.3, -0.25) is 14.6 Å². The van der Waals surface area contributed by atoms with E-state index >= 15 is 0 Å². The maximum absolute atomic E-state index is 13.0. The van der Waals surface area contributed by atoms with Gasteiger partial charge in [-0.25, -0.2) is 0 Å². The predicted molar refractivity (Wildman–Crippen MR) is 121 cm³/mol. The monoisotopic (exact) mass is 417 g/mol. The molecule has 0 saturated carbocycles. The van der Waals surface area contributed by atoms with Crippen LogP contribution in [0.2, 0.25) is 0 Å². The molecule has 1 amide bonds. The summed E-state index contributed by atoms with van der Waals surface area (Å²) in [5.41, 5.74) is 3.43. The quantitative estimate of drug-likeness (QED) is 0.509. The van der Waals surface area contributed by atoms with Gasteiger partial charge in [0.15, 0.2) is 5.43 Å². The molecule has 5 nitrogen and oxygen atoms in total. The average molecular weight is 418 g/mol. The molecular formula is C24H23N3O2S. The number of nitrogens with zero attached hydrogens (tertiary/aromatic N) is 2. The fourth-order valence-electron chi connectivity index (χ4n) is 3.70. The van der Waals surface area contributed by atoms with Gasteiger partial charge in [0.2, 0.25) is 0 Å². The molecule has 1 N–H and O–H groups in total. The zero-order chi connectivity index (χ0) is 21.1. The maximum Gasteiger partial charge on any atom is 0.257 e. The molecule has 0 aliphatic carbocycles. The van der Waals surface area contributed by atoms with E-state index in [0.717, 1.165) is 27.9 Å². The van der Waals surface area contributed by atoms with E-state index in [-0.39, 0.29) is 16.9 Å². The van der Waals surface area contributed by atoms with Crippen LogP contribution in [0.5, 0.6) is 0 Å². The van der Waals surface area contributed by atoms with Crippen LogP contribution in [0, 0.1) is 6.92 Å². The minimum atomic E-state index is -0.343. The third-order valence-corrected chi connectivity index (χ3v) is 6.04. The Kier molecular flexibility index (Phi) is 5.77. The topological polar surface area (TPSA) is 64.0 Å². The minimum absolute atomic E-state index is 0.230. The molecule has 0 unspecified atom stereocenters. The minimum Gasteiger partial charge on any atom is -0.348 e. The van der Waals surface area contributed by atoms with Crippen molar-refractivity contribution < 1.29 is 4.79 Å². The van der Waals surface area contributed by atoms with Gasteiger partial charge in [0.1, 0.15) is 5.56 Å². The van der Waals surface area contributed by atoms with Crippen LogP contribution in [-0.2, 0) is 19.5 Å². The first kappa shape index (κ1) is 20.0. The van der Waals surface area contributed by atoms with Gasteiger partial charge in [0, 0.05) is 40.5 Å². The zero-order valence-corrected chi connectivity index (χ0v) is 17.8. The van der Waals surface area contributed by atoms with Gasteiger partial charge in [-0.05, 0) is 42.5 Å². The Morgan fingerprint density at radius 3 is 2.77 bits per heavy atom. The van der Waals surface area contributed by atoms with E-state index < -0.39 is 0 Å². The van der Waals surface area contributed by atoms with Crippen molar-refractivity contribution in [1.82, 2.24) is 14.9 Å². The molecule has 4 aromatic rings.